The van der Waals surface area contributed by atoms with Crippen LogP contribution < -0.4 is 10.9 Å². The molecule has 1 aromatic carbocycles. The van der Waals surface area contributed by atoms with Crippen LogP contribution in [0.4, 0.5) is 0 Å². The zero-order valence-electron chi connectivity index (χ0n) is 16.4. The summed E-state index contributed by atoms with van der Waals surface area (Å²) < 4.78 is 3.46. The highest BCUT2D eigenvalue weighted by Crippen LogP contribution is 2.08. The number of hydrogen-bond donors (Lipinski definition) is 1. The van der Waals surface area contributed by atoms with Gasteiger partial charge in [-0.1, -0.05) is 29.8 Å². The molecule has 0 aliphatic rings. The van der Waals surface area contributed by atoms with E-state index in [1.807, 2.05) is 67.0 Å². The van der Waals surface area contributed by atoms with Crippen molar-refractivity contribution >= 4 is 11.6 Å². The van der Waals surface area contributed by atoms with E-state index in [9.17, 15) is 9.59 Å². The van der Waals surface area contributed by atoms with Gasteiger partial charge in [-0.3, -0.25) is 9.59 Å². The van der Waals surface area contributed by atoms with Crippen LogP contribution >= 0.6 is 0 Å². The van der Waals surface area contributed by atoms with Crippen LogP contribution in [-0.4, -0.2) is 19.9 Å². The molecule has 0 atom stereocenters. The molecule has 0 bridgehead atoms. The lowest BCUT2D eigenvalue weighted by atomic mass is 10.1. The SMILES string of the molecule is Cc1cccc(Cn2cccc(C(=O)NCc3cn4ccc(C)cc4n3)c2=O)c1. The van der Waals surface area contributed by atoms with Crippen molar-refractivity contribution in [3.63, 3.8) is 0 Å². The molecule has 146 valence electrons. The minimum absolute atomic E-state index is 0.125. The molecule has 4 rings (SSSR count). The van der Waals surface area contributed by atoms with Gasteiger partial charge in [0.15, 0.2) is 0 Å². The molecule has 6 heteroatoms. The Labute approximate surface area is 168 Å². The molecule has 0 spiro atoms. The van der Waals surface area contributed by atoms with Crippen LogP contribution in [0.15, 0.2) is 71.9 Å². The summed E-state index contributed by atoms with van der Waals surface area (Å²) in [7, 11) is 0. The van der Waals surface area contributed by atoms with Gasteiger partial charge in [-0.05, 0) is 49.2 Å². The van der Waals surface area contributed by atoms with Gasteiger partial charge >= 0.3 is 0 Å². The summed E-state index contributed by atoms with van der Waals surface area (Å²) in [6, 6.07) is 15.2. The van der Waals surface area contributed by atoms with Crippen molar-refractivity contribution < 1.29 is 4.79 Å². The number of amides is 1. The quantitative estimate of drug-likeness (QED) is 0.573. The van der Waals surface area contributed by atoms with Crippen LogP contribution in [-0.2, 0) is 13.1 Å². The molecular formula is C23H22N4O2. The Morgan fingerprint density at radius 1 is 1.03 bits per heavy atom. The van der Waals surface area contributed by atoms with Crippen molar-refractivity contribution in [2.24, 2.45) is 0 Å². The Balaban J connectivity index is 1.50. The molecule has 0 saturated heterocycles. The highest BCUT2D eigenvalue weighted by molar-refractivity contribution is 5.93. The number of nitrogens with one attached hydrogen (secondary N) is 1. The lowest BCUT2D eigenvalue weighted by Crippen LogP contribution is -2.32. The highest BCUT2D eigenvalue weighted by Gasteiger charge is 2.13. The van der Waals surface area contributed by atoms with Crippen molar-refractivity contribution in [3.8, 4) is 0 Å². The number of carbonyl (C=O) groups excluding carboxylic acids is 1. The number of benzene rings is 1. The van der Waals surface area contributed by atoms with Crippen LogP contribution in [0.1, 0.15) is 32.7 Å². The molecule has 0 fully saturated rings. The molecule has 1 amide bonds. The largest absolute Gasteiger partial charge is 0.346 e. The molecule has 4 aromatic rings. The number of fused-ring (bicyclic) bond motifs is 1. The van der Waals surface area contributed by atoms with Gasteiger partial charge in [0.1, 0.15) is 11.2 Å². The second kappa shape index (κ2) is 7.75. The molecule has 0 unspecified atom stereocenters. The van der Waals surface area contributed by atoms with Gasteiger partial charge in [0.2, 0.25) is 0 Å². The topological polar surface area (TPSA) is 68.4 Å². The Morgan fingerprint density at radius 2 is 1.86 bits per heavy atom. The maximum absolute atomic E-state index is 12.8. The summed E-state index contributed by atoms with van der Waals surface area (Å²) in [6.07, 6.45) is 5.51. The fourth-order valence-electron chi connectivity index (χ4n) is 3.33. The predicted octanol–water partition coefficient (Wildman–Crippen LogP) is 3.09. The number of carbonyl (C=O) groups is 1. The molecule has 3 heterocycles. The van der Waals surface area contributed by atoms with Gasteiger partial charge in [-0.15, -0.1) is 0 Å². The van der Waals surface area contributed by atoms with Gasteiger partial charge in [0.25, 0.3) is 11.5 Å². The third kappa shape index (κ3) is 4.11. The predicted molar refractivity (Wildman–Crippen MR) is 112 cm³/mol. The third-order valence-electron chi connectivity index (χ3n) is 4.80. The minimum Gasteiger partial charge on any atom is -0.346 e. The number of hydrogen-bond acceptors (Lipinski definition) is 3. The van der Waals surface area contributed by atoms with Crippen LogP contribution in [0.3, 0.4) is 0 Å². The first-order valence-corrected chi connectivity index (χ1v) is 9.47. The average Bonchev–Trinajstić information content (AvgIpc) is 3.10. The molecular weight excluding hydrogens is 364 g/mol. The maximum Gasteiger partial charge on any atom is 0.263 e. The summed E-state index contributed by atoms with van der Waals surface area (Å²) in [5.74, 6) is -0.401. The van der Waals surface area contributed by atoms with Crippen LogP contribution in [0.25, 0.3) is 5.65 Å². The summed E-state index contributed by atoms with van der Waals surface area (Å²) in [4.78, 5) is 29.9. The van der Waals surface area contributed by atoms with E-state index in [2.05, 4.69) is 10.3 Å². The maximum atomic E-state index is 12.8. The van der Waals surface area contributed by atoms with Gasteiger partial charge in [-0.25, -0.2) is 4.98 Å². The Kier molecular flexibility index (Phi) is 4.99. The van der Waals surface area contributed by atoms with Crippen LogP contribution in [0.2, 0.25) is 0 Å². The van der Waals surface area contributed by atoms with E-state index in [0.717, 1.165) is 28.0 Å². The molecule has 0 saturated carbocycles. The average molecular weight is 386 g/mol. The minimum atomic E-state index is -0.401. The third-order valence-corrected chi connectivity index (χ3v) is 4.80. The Bertz CT molecular complexity index is 1250. The zero-order chi connectivity index (χ0) is 20.4. The van der Waals surface area contributed by atoms with Gasteiger partial charge < -0.3 is 14.3 Å². The highest BCUT2D eigenvalue weighted by atomic mass is 16.2. The zero-order valence-corrected chi connectivity index (χ0v) is 16.4. The van der Waals surface area contributed by atoms with Crippen molar-refractivity contribution in [2.75, 3.05) is 0 Å². The number of imidazole rings is 1. The first-order valence-electron chi connectivity index (χ1n) is 9.47. The second-order valence-electron chi connectivity index (χ2n) is 7.23. The molecule has 6 nitrogen and oxygen atoms in total. The van der Waals surface area contributed by atoms with Crippen molar-refractivity contribution in [2.45, 2.75) is 26.9 Å². The van der Waals surface area contributed by atoms with E-state index in [0.29, 0.717) is 6.54 Å². The summed E-state index contributed by atoms with van der Waals surface area (Å²) in [5, 5.41) is 2.80. The first-order chi connectivity index (χ1) is 14.0. The van der Waals surface area contributed by atoms with E-state index in [-0.39, 0.29) is 17.7 Å². The van der Waals surface area contributed by atoms with Crippen LogP contribution in [0, 0.1) is 13.8 Å². The summed E-state index contributed by atoms with van der Waals surface area (Å²) in [5.41, 5.74) is 4.65. The molecule has 0 radical (unpaired) electrons. The standard InChI is InChI=1S/C23H22N4O2/c1-16-5-3-6-18(11-16)14-27-9-4-7-20(23(27)29)22(28)24-13-19-15-26-10-8-17(2)12-21(26)25-19/h3-12,15H,13-14H2,1-2H3,(H,24,28). The Morgan fingerprint density at radius 3 is 2.69 bits per heavy atom. The van der Waals surface area contributed by atoms with Gasteiger partial charge in [0, 0.05) is 18.6 Å². The first kappa shape index (κ1) is 18.7. The van der Waals surface area contributed by atoms with E-state index in [1.54, 1.807) is 22.9 Å². The van der Waals surface area contributed by atoms with Crippen LogP contribution in [0.5, 0.6) is 0 Å². The number of aryl methyl sites for hydroxylation is 2. The van der Waals surface area contributed by atoms with E-state index >= 15 is 0 Å². The molecule has 1 N–H and O–H groups in total. The molecule has 0 aliphatic heterocycles. The molecule has 3 aromatic heterocycles. The second-order valence-corrected chi connectivity index (χ2v) is 7.23. The fourth-order valence-corrected chi connectivity index (χ4v) is 3.33. The van der Waals surface area contributed by atoms with Crippen molar-refractivity contribution in [3.05, 3.63) is 105 Å². The van der Waals surface area contributed by atoms with Crippen molar-refractivity contribution in [1.29, 1.82) is 0 Å². The summed E-state index contributed by atoms with van der Waals surface area (Å²) in [6.45, 7) is 4.70. The Hall–Kier alpha value is -3.67. The van der Waals surface area contributed by atoms with Gasteiger partial charge in [-0.2, -0.15) is 0 Å². The normalized spacial score (nSPS) is 11.0. The number of pyridine rings is 2. The lowest BCUT2D eigenvalue weighted by Gasteiger charge is -2.09. The lowest BCUT2D eigenvalue weighted by molar-refractivity contribution is 0.0948. The number of rotatable bonds is 5. The van der Waals surface area contributed by atoms with Crippen molar-refractivity contribution in [1.82, 2.24) is 19.3 Å². The van der Waals surface area contributed by atoms with Gasteiger partial charge in [0.05, 0.1) is 18.8 Å². The molecule has 29 heavy (non-hydrogen) atoms. The van der Waals surface area contributed by atoms with E-state index in [4.69, 9.17) is 0 Å². The molecule has 0 aliphatic carbocycles. The smallest absolute Gasteiger partial charge is 0.263 e. The fraction of sp³-hybridized carbons (Fsp3) is 0.174. The monoisotopic (exact) mass is 386 g/mol. The van der Waals surface area contributed by atoms with E-state index < -0.39 is 5.91 Å². The summed E-state index contributed by atoms with van der Waals surface area (Å²) >= 11 is 0. The van der Waals surface area contributed by atoms with E-state index in [1.165, 1.54) is 0 Å². The number of aromatic nitrogens is 3. The number of nitrogens with zero attached hydrogens (tertiary/aromatic N) is 3.